The Balaban J connectivity index is 0.00000673. The Morgan fingerprint density at radius 1 is 0.673 bits per heavy atom. The van der Waals surface area contributed by atoms with Gasteiger partial charge in [-0.15, -0.1) is 0 Å². The van der Waals surface area contributed by atoms with Gasteiger partial charge in [0.25, 0.3) is 8.32 Å². The lowest BCUT2D eigenvalue weighted by Gasteiger charge is -2.46. The van der Waals surface area contributed by atoms with Gasteiger partial charge in [0.2, 0.25) is 0 Å². The standard InChI is InChI=1S/C42H43F6N2OPSSi.HI/c1-30(51-54(40(2,3)4,36-22-14-8-15-23-36)37-24-16-9-17-25-37)38(29-52(5,34-18-10-6-11-19-34)35-20-12-7-13-21-35)50-39(53)49-33-27-31(41(43,44)45)26-32(28-33)42(46,47)48;/h6-28,30,38H,29H2,1-5H3,(H-,49,50,53);1H/t30-,38+;/m0./s1. The van der Waals surface area contributed by atoms with Crippen molar-refractivity contribution in [2.24, 2.45) is 0 Å². The highest BCUT2D eigenvalue weighted by atomic mass is 127. The molecule has 0 unspecified atom stereocenters. The lowest BCUT2D eigenvalue weighted by molar-refractivity contribution is -0.143. The second kappa shape index (κ2) is 17.9. The quantitative estimate of drug-likeness (QED) is 0.0512. The molecule has 5 aromatic rings. The van der Waals surface area contributed by atoms with Crippen LogP contribution in [-0.4, -0.2) is 38.4 Å². The fourth-order valence-corrected chi connectivity index (χ4v) is 15.6. The van der Waals surface area contributed by atoms with Crippen molar-refractivity contribution in [3.05, 3.63) is 151 Å². The second-order valence-corrected chi connectivity index (χ2v) is 23.0. The molecule has 0 fully saturated rings. The monoisotopic (exact) mass is 924 g/mol. The van der Waals surface area contributed by atoms with Crippen LogP contribution in [-0.2, 0) is 16.8 Å². The Hall–Kier alpha value is -3.29. The first-order chi connectivity index (χ1) is 25.3. The van der Waals surface area contributed by atoms with E-state index in [-0.39, 0.29) is 40.2 Å². The van der Waals surface area contributed by atoms with Gasteiger partial charge in [0.1, 0.15) is 0 Å². The summed E-state index contributed by atoms with van der Waals surface area (Å²) in [5, 5.41) is 9.84. The molecule has 2 atom stereocenters. The van der Waals surface area contributed by atoms with Crippen LogP contribution >= 0.6 is 19.5 Å². The minimum Gasteiger partial charge on any atom is -1.00 e. The number of anilines is 1. The summed E-state index contributed by atoms with van der Waals surface area (Å²) in [6.45, 7) is 10.7. The van der Waals surface area contributed by atoms with Crippen molar-refractivity contribution in [3.63, 3.8) is 0 Å². The maximum absolute atomic E-state index is 13.8. The van der Waals surface area contributed by atoms with E-state index in [2.05, 4.69) is 86.6 Å². The number of thiocarbonyl (C=S) groups is 1. The number of alkyl halides is 6. The van der Waals surface area contributed by atoms with Crippen LogP contribution < -0.4 is 55.6 Å². The van der Waals surface area contributed by atoms with E-state index in [0.717, 1.165) is 21.0 Å². The van der Waals surface area contributed by atoms with Crippen molar-refractivity contribution in [2.45, 2.75) is 57.2 Å². The van der Waals surface area contributed by atoms with Crippen LogP contribution in [0, 0.1) is 0 Å². The lowest BCUT2D eigenvalue weighted by Crippen LogP contribution is -3.00. The van der Waals surface area contributed by atoms with Crippen molar-refractivity contribution in [2.75, 3.05) is 18.1 Å². The summed E-state index contributed by atoms with van der Waals surface area (Å²) < 4.78 is 90.2. The zero-order chi connectivity index (χ0) is 39.4. The fraction of sp³-hybridized carbons (Fsp3) is 0.262. The van der Waals surface area contributed by atoms with Gasteiger partial charge in [-0.25, -0.2) is 0 Å². The lowest BCUT2D eigenvalue weighted by atomic mass is 10.1. The molecule has 0 saturated heterocycles. The molecule has 13 heteroatoms. The van der Waals surface area contributed by atoms with Crippen LogP contribution in [0.2, 0.25) is 5.04 Å². The summed E-state index contributed by atoms with van der Waals surface area (Å²) in [4.78, 5) is 0. The Morgan fingerprint density at radius 2 is 1.05 bits per heavy atom. The van der Waals surface area contributed by atoms with Crippen LogP contribution in [0.15, 0.2) is 140 Å². The van der Waals surface area contributed by atoms with Crippen LogP contribution in [0.5, 0.6) is 0 Å². The average molecular weight is 925 g/mol. The molecule has 5 rings (SSSR count). The summed E-state index contributed by atoms with van der Waals surface area (Å²) >= 11 is 5.71. The molecule has 0 saturated carbocycles. The normalized spacial score (nSPS) is 13.7. The van der Waals surface area contributed by atoms with Crippen molar-refractivity contribution in [3.8, 4) is 0 Å². The van der Waals surface area contributed by atoms with Crippen molar-refractivity contribution in [1.29, 1.82) is 0 Å². The highest BCUT2D eigenvalue weighted by Crippen LogP contribution is 2.53. The smallest absolute Gasteiger partial charge is 0.416 e. The van der Waals surface area contributed by atoms with Gasteiger partial charge in [0.15, 0.2) is 5.11 Å². The van der Waals surface area contributed by atoms with Gasteiger partial charge in [0.05, 0.1) is 54.0 Å². The molecule has 5 aromatic carbocycles. The molecule has 55 heavy (non-hydrogen) atoms. The molecule has 0 aliphatic rings. The predicted molar refractivity (Wildman–Crippen MR) is 218 cm³/mol. The van der Waals surface area contributed by atoms with Gasteiger partial charge in [0, 0.05) is 5.69 Å². The summed E-state index contributed by atoms with van der Waals surface area (Å²) in [5.74, 6) is 0. The third kappa shape index (κ3) is 10.4. The molecule has 0 aromatic heterocycles. The SMILES string of the molecule is C[C@H](O[Si](c1ccccc1)(c1ccccc1)C(C)(C)C)[C@@H](C[P+](C)(c1ccccc1)c1ccccc1)NC(=S)Nc1cc(C(F)(F)F)cc(C(F)(F)F)c1.[I-]. The molecule has 292 valence electrons. The number of benzene rings is 5. The molecule has 3 nitrogen and oxygen atoms in total. The number of nitrogens with one attached hydrogen (secondary N) is 2. The van der Waals surface area contributed by atoms with Crippen LogP contribution in [0.1, 0.15) is 38.8 Å². The first kappa shape index (κ1) is 44.4. The third-order valence-electron chi connectivity index (χ3n) is 9.72. The Morgan fingerprint density at radius 3 is 1.42 bits per heavy atom. The zero-order valence-corrected chi connectivity index (χ0v) is 35.9. The zero-order valence-electron chi connectivity index (χ0n) is 31.1. The third-order valence-corrected chi connectivity index (χ3v) is 19.1. The van der Waals surface area contributed by atoms with Gasteiger partial charge in [-0.3, -0.25) is 0 Å². The van der Waals surface area contributed by atoms with Crippen molar-refractivity contribution in [1.82, 2.24) is 5.32 Å². The summed E-state index contributed by atoms with van der Waals surface area (Å²) in [7, 11) is -5.38. The van der Waals surface area contributed by atoms with E-state index in [1.807, 2.05) is 79.7 Å². The molecule has 0 aliphatic heterocycles. The Bertz CT molecular complexity index is 1890. The van der Waals surface area contributed by atoms with E-state index in [9.17, 15) is 26.3 Å². The largest absolute Gasteiger partial charge is 1.00 e. The van der Waals surface area contributed by atoms with Crippen LogP contribution in [0.3, 0.4) is 0 Å². The number of hydrogen-bond donors (Lipinski definition) is 2. The van der Waals surface area contributed by atoms with Gasteiger partial charge in [-0.2, -0.15) is 26.3 Å². The first-order valence-corrected chi connectivity index (χ1v) is 22.2. The second-order valence-electron chi connectivity index (χ2n) is 14.5. The first-order valence-electron chi connectivity index (χ1n) is 17.5. The van der Waals surface area contributed by atoms with Gasteiger partial charge < -0.3 is 39.0 Å². The predicted octanol–water partition coefficient (Wildman–Crippen LogP) is 6.65. The van der Waals surface area contributed by atoms with E-state index < -0.39 is 56.9 Å². The summed E-state index contributed by atoms with van der Waals surface area (Å²) in [6.07, 6.45) is -10.1. The van der Waals surface area contributed by atoms with Crippen LogP contribution in [0.4, 0.5) is 32.0 Å². The molecule has 0 aliphatic carbocycles. The summed E-state index contributed by atoms with van der Waals surface area (Å²) in [6, 6.07) is 41.2. The molecule has 0 radical (unpaired) electrons. The van der Waals surface area contributed by atoms with Gasteiger partial charge in [-0.05, 0) is 77.0 Å². The fourth-order valence-electron chi connectivity index (χ4n) is 6.99. The summed E-state index contributed by atoms with van der Waals surface area (Å²) in [5.41, 5.74) is -3.30. The number of halogens is 7. The van der Waals surface area contributed by atoms with Gasteiger partial charge >= 0.3 is 12.4 Å². The van der Waals surface area contributed by atoms with E-state index in [1.165, 1.54) is 0 Å². The topological polar surface area (TPSA) is 33.3 Å². The molecule has 0 amide bonds. The number of hydrogen-bond acceptors (Lipinski definition) is 2. The molecular weight excluding hydrogens is 880 g/mol. The molecular formula is C42H44F6IN2OPSSi. The maximum atomic E-state index is 13.8. The minimum atomic E-state index is -5.01. The van der Waals surface area contributed by atoms with E-state index in [4.69, 9.17) is 16.6 Å². The number of rotatable bonds is 11. The Labute approximate surface area is 343 Å². The average Bonchev–Trinajstić information content (AvgIpc) is 3.13. The molecule has 0 bridgehead atoms. The highest BCUT2D eigenvalue weighted by molar-refractivity contribution is 7.89. The molecule has 0 spiro atoms. The molecule has 2 N–H and O–H groups in total. The molecule has 0 heterocycles. The van der Waals surface area contributed by atoms with E-state index >= 15 is 0 Å². The van der Waals surface area contributed by atoms with Crippen molar-refractivity contribution < 1.29 is 54.7 Å². The maximum Gasteiger partial charge on any atom is 0.416 e. The highest BCUT2D eigenvalue weighted by Gasteiger charge is 2.53. The minimum absolute atomic E-state index is 0. The van der Waals surface area contributed by atoms with Crippen LogP contribution in [0.25, 0.3) is 0 Å². The van der Waals surface area contributed by atoms with Gasteiger partial charge in [-0.1, -0.05) is 118 Å². The van der Waals surface area contributed by atoms with Crippen molar-refractivity contribution >= 4 is 59.6 Å². The Kier molecular flexibility index (Phi) is 14.4. The van der Waals surface area contributed by atoms with E-state index in [1.54, 1.807) is 0 Å². The van der Waals surface area contributed by atoms with E-state index in [0.29, 0.717) is 18.3 Å².